The maximum Gasteiger partial charge on any atom is 0.490 e. The van der Waals surface area contributed by atoms with Gasteiger partial charge in [0.15, 0.2) is 0 Å². The fraction of sp³-hybridized carbons (Fsp3) is 0.0645. The molecule has 0 bridgehead atoms. The highest BCUT2D eigenvalue weighted by atomic mass is 19.3. The van der Waals surface area contributed by atoms with E-state index in [1.54, 1.807) is 12.1 Å². The van der Waals surface area contributed by atoms with E-state index in [2.05, 4.69) is 0 Å². The standard InChI is InChI=1S/C31H24F2NO/c1-35-28-19-17-27(18-20-28)31(32,33)34-29(24-13-7-3-8-14-24)21-26(23-11-5-2-6-12-23)22-30(34)25-15-9-4-10-16-25/h2-22H,1H3/q+1. The first kappa shape index (κ1) is 22.5. The molecule has 172 valence electrons. The van der Waals surface area contributed by atoms with E-state index >= 15 is 8.78 Å². The van der Waals surface area contributed by atoms with Crippen LogP contribution in [0, 0.1) is 0 Å². The number of benzene rings is 4. The molecule has 1 heterocycles. The Kier molecular flexibility index (Phi) is 6.11. The number of rotatable bonds is 6. The Morgan fingerprint density at radius 3 is 1.40 bits per heavy atom. The highest BCUT2D eigenvalue weighted by Gasteiger charge is 2.48. The van der Waals surface area contributed by atoms with Crippen molar-refractivity contribution >= 4 is 0 Å². The summed E-state index contributed by atoms with van der Waals surface area (Å²) in [6.45, 7) is 0. The predicted molar refractivity (Wildman–Crippen MR) is 135 cm³/mol. The Morgan fingerprint density at radius 2 is 0.971 bits per heavy atom. The molecule has 0 fully saturated rings. The van der Waals surface area contributed by atoms with E-state index in [9.17, 15) is 0 Å². The molecule has 0 spiro atoms. The van der Waals surface area contributed by atoms with Crippen molar-refractivity contribution in [2.45, 2.75) is 6.05 Å². The summed E-state index contributed by atoms with van der Waals surface area (Å²) in [4.78, 5) is 0. The van der Waals surface area contributed by atoms with Crippen molar-refractivity contribution in [2.75, 3.05) is 7.11 Å². The summed E-state index contributed by atoms with van der Waals surface area (Å²) < 4.78 is 39.3. The number of hydrogen-bond donors (Lipinski definition) is 0. The van der Waals surface area contributed by atoms with Crippen molar-refractivity contribution in [1.82, 2.24) is 0 Å². The van der Waals surface area contributed by atoms with Crippen LogP contribution in [0.3, 0.4) is 0 Å². The number of aromatic nitrogens is 1. The van der Waals surface area contributed by atoms with Crippen molar-refractivity contribution in [3.63, 3.8) is 0 Å². The minimum Gasteiger partial charge on any atom is -0.497 e. The molecule has 0 N–H and O–H groups in total. The minimum atomic E-state index is -3.34. The minimum absolute atomic E-state index is 0.120. The van der Waals surface area contributed by atoms with Gasteiger partial charge in [-0.25, -0.2) is 0 Å². The second kappa shape index (κ2) is 9.51. The number of alkyl halides is 2. The molecule has 0 amide bonds. The van der Waals surface area contributed by atoms with Gasteiger partial charge < -0.3 is 4.74 Å². The van der Waals surface area contributed by atoms with Gasteiger partial charge in [-0.15, -0.1) is 13.3 Å². The average molecular weight is 465 g/mol. The first-order valence-electron chi connectivity index (χ1n) is 11.4. The summed E-state index contributed by atoms with van der Waals surface area (Å²) in [5.41, 5.74) is 3.96. The molecule has 4 heteroatoms. The number of nitrogens with zero attached hydrogens (tertiary/aromatic N) is 1. The second-order valence-electron chi connectivity index (χ2n) is 8.22. The Labute approximate surface area is 203 Å². The largest absolute Gasteiger partial charge is 0.497 e. The number of methoxy groups -OCH3 is 1. The SMILES string of the molecule is COc1ccc(C(F)(F)[n+]2c(-c3ccccc3)cc(-c3ccccc3)cc2-c2ccccc2)cc1. The van der Waals surface area contributed by atoms with E-state index in [1.807, 2.05) is 103 Å². The number of hydrogen-bond acceptors (Lipinski definition) is 1. The summed E-state index contributed by atoms with van der Waals surface area (Å²) in [6.07, 6.45) is 0. The molecule has 2 nitrogen and oxygen atoms in total. The number of ether oxygens (including phenoxy) is 1. The Morgan fingerprint density at radius 1 is 0.543 bits per heavy atom. The molecular formula is C31H24F2NO+. The fourth-order valence-electron chi connectivity index (χ4n) is 4.26. The van der Waals surface area contributed by atoms with Crippen LogP contribution in [0.2, 0.25) is 0 Å². The van der Waals surface area contributed by atoms with Gasteiger partial charge in [0.2, 0.25) is 11.4 Å². The predicted octanol–water partition coefficient (Wildman–Crippen LogP) is 7.58. The molecule has 0 radical (unpaired) electrons. The van der Waals surface area contributed by atoms with Crippen LogP contribution in [0.15, 0.2) is 127 Å². The molecule has 0 aliphatic heterocycles. The zero-order chi connectivity index (χ0) is 24.3. The number of pyridine rings is 1. The van der Waals surface area contributed by atoms with Gasteiger partial charge in [0.1, 0.15) is 5.75 Å². The van der Waals surface area contributed by atoms with Crippen LogP contribution in [0.5, 0.6) is 5.75 Å². The molecule has 5 rings (SSSR count). The summed E-state index contributed by atoms with van der Waals surface area (Å²) in [5.74, 6) is 0.528. The van der Waals surface area contributed by atoms with E-state index in [1.165, 1.54) is 19.2 Å². The van der Waals surface area contributed by atoms with Crippen molar-refractivity contribution in [2.24, 2.45) is 0 Å². The van der Waals surface area contributed by atoms with E-state index in [0.717, 1.165) is 15.7 Å². The highest BCUT2D eigenvalue weighted by Crippen LogP contribution is 2.35. The Balaban J connectivity index is 1.85. The van der Waals surface area contributed by atoms with Gasteiger partial charge in [0.25, 0.3) is 0 Å². The molecule has 0 saturated heterocycles. The van der Waals surface area contributed by atoms with Crippen molar-refractivity contribution in [3.8, 4) is 39.4 Å². The van der Waals surface area contributed by atoms with E-state index in [0.29, 0.717) is 28.3 Å². The molecule has 0 atom stereocenters. The van der Waals surface area contributed by atoms with E-state index in [4.69, 9.17) is 4.74 Å². The van der Waals surface area contributed by atoms with Crippen LogP contribution in [0.1, 0.15) is 5.56 Å². The third-order valence-electron chi connectivity index (χ3n) is 6.03. The Bertz CT molecular complexity index is 1360. The van der Waals surface area contributed by atoms with Crippen LogP contribution in [0.25, 0.3) is 33.6 Å². The maximum absolute atomic E-state index is 16.5. The van der Waals surface area contributed by atoms with Crippen molar-refractivity contribution in [1.29, 1.82) is 0 Å². The molecular weight excluding hydrogens is 440 g/mol. The average Bonchev–Trinajstić information content (AvgIpc) is 2.94. The third-order valence-corrected chi connectivity index (χ3v) is 6.03. The monoisotopic (exact) mass is 464 g/mol. The molecule has 0 aliphatic rings. The normalized spacial score (nSPS) is 11.3. The molecule has 4 aromatic carbocycles. The smallest absolute Gasteiger partial charge is 0.490 e. The summed E-state index contributed by atoms with van der Waals surface area (Å²) in [5, 5.41) is 0. The second-order valence-corrected chi connectivity index (χ2v) is 8.22. The fourth-order valence-corrected chi connectivity index (χ4v) is 4.26. The maximum atomic E-state index is 16.5. The lowest BCUT2D eigenvalue weighted by Gasteiger charge is -2.19. The van der Waals surface area contributed by atoms with Crippen molar-refractivity contribution < 1.29 is 18.1 Å². The van der Waals surface area contributed by atoms with Gasteiger partial charge in [-0.3, -0.25) is 0 Å². The van der Waals surface area contributed by atoms with Gasteiger partial charge in [-0.1, -0.05) is 66.7 Å². The summed E-state index contributed by atoms with van der Waals surface area (Å²) in [6, 6.07) is 34.8. The van der Waals surface area contributed by atoms with Gasteiger partial charge in [0, 0.05) is 23.3 Å². The van der Waals surface area contributed by atoms with Crippen LogP contribution in [0.4, 0.5) is 8.78 Å². The van der Waals surface area contributed by atoms with Gasteiger partial charge >= 0.3 is 6.05 Å². The van der Waals surface area contributed by atoms with Crippen LogP contribution < -0.4 is 9.30 Å². The van der Waals surface area contributed by atoms with Crippen molar-refractivity contribution in [3.05, 3.63) is 133 Å². The van der Waals surface area contributed by atoms with E-state index in [-0.39, 0.29) is 5.56 Å². The first-order chi connectivity index (χ1) is 17.1. The first-order valence-corrected chi connectivity index (χ1v) is 11.4. The van der Waals surface area contributed by atoms with Gasteiger partial charge in [-0.2, -0.15) is 0 Å². The molecule has 0 unspecified atom stereocenters. The van der Waals surface area contributed by atoms with E-state index < -0.39 is 6.05 Å². The summed E-state index contributed by atoms with van der Waals surface area (Å²) in [7, 11) is 1.52. The molecule has 0 saturated carbocycles. The lowest BCUT2D eigenvalue weighted by Crippen LogP contribution is -2.54. The topological polar surface area (TPSA) is 13.1 Å². The zero-order valence-electron chi connectivity index (χ0n) is 19.2. The Hall–Kier alpha value is -4.31. The van der Waals surface area contributed by atoms with Crippen LogP contribution in [-0.2, 0) is 6.05 Å². The molecule has 35 heavy (non-hydrogen) atoms. The van der Waals surface area contributed by atoms with Gasteiger partial charge in [0.05, 0.1) is 12.7 Å². The lowest BCUT2D eigenvalue weighted by molar-refractivity contribution is -0.793. The van der Waals surface area contributed by atoms with Crippen LogP contribution in [-0.4, -0.2) is 7.11 Å². The molecule has 1 aromatic heterocycles. The highest BCUT2D eigenvalue weighted by molar-refractivity contribution is 5.73. The molecule has 0 aliphatic carbocycles. The zero-order valence-corrected chi connectivity index (χ0v) is 19.2. The third kappa shape index (κ3) is 4.43. The van der Waals surface area contributed by atoms with Crippen LogP contribution >= 0.6 is 0 Å². The van der Waals surface area contributed by atoms with Gasteiger partial charge in [-0.05, 0) is 59.7 Å². The number of halogens is 2. The lowest BCUT2D eigenvalue weighted by atomic mass is 9.98. The molecule has 5 aromatic rings. The summed E-state index contributed by atoms with van der Waals surface area (Å²) >= 11 is 0. The quantitative estimate of drug-likeness (QED) is 0.236.